The third-order valence-corrected chi connectivity index (χ3v) is 3.03. The van der Waals surface area contributed by atoms with Crippen LogP contribution in [0.5, 0.6) is 5.75 Å². The number of nitrogens with one attached hydrogen (secondary N) is 1. The van der Waals surface area contributed by atoms with E-state index in [-0.39, 0.29) is 5.91 Å². The molecule has 19 heavy (non-hydrogen) atoms. The summed E-state index contributed by atoms with van der Waals surface area (Å²) < 4.78 is 6.57. The Morgan fingerprint density at radius 1 is 1.47 bits per heavy atom. The van der Waals surface area contributed by atoms with Crippen molar-refractivity contribution in [3.63, 3.8) is 0 Å². The van der Waals surface area contributed by atoms with Crippen molar-refractivity contribution in [3.8, 4) is 5.75 Å². The van der Waals surface area contributed by atoms with E-state index in [4.69, 9.17) is 4.74 Å². The highest BCUT2D eigenvalue weighted by atomic mass is 79.9. The number of halogens is 1. The van der Waals surface area contributed by atoms with Crippen LogP contribution in [0.4, 0.5) is 0 Å². The molecule has 0 spiro atoms. The first kappa shape index (κ1) is 15.7. The Labute approximate surface area is 122 Å². The first-order valence-corrected chi connectivity index (χ1v) is 6.86. The van der Waals surface area contributed by atoms with Crippen LogP contribution in [0.25, 0.3) is 0 Å². The van der Waals surface area contributed by atoms with Crippen molar-refractivity contribution in [3.05, 3.63) is 41.4 Å². The molecular formula is C14H19BrN2O2. The van der Waals surface area contributed by atoms with Gasteiger partial charge < -0.3 is 15.0 Å². The third kappa shape index (κ3) is 6.40. The average Bonchev–Trinajstić information content (AvgIpc) is 2.41. The summed E-state index contributed by atoms with van der Waals surface area (Å²) in [5.41, 5.74) is 0. The van der Waals surface area contributed by atoms with Crippen LogP contribution in [0.1, 0.15) is 0 Å². The molecule has 4 nitrogen and oxygen atoms in total. The van der Waals surface area contributed by atoms with Crippen LogP contribution < -0.4 is 10.1 Å². The van der Waals surface area contributed by atoms with E-state index in [1.807, 2.05) is 24.3 Å². The molecule has 0 saturated carbocycles. The topological polar surface area (TPSA) is 41.6 Å². The molecule has 0 aromatic heterocycles. The summed E-state index contributed by atoms with van der Waals surface area (Å²) in [5, 5.41) is 2.97. The van der Waals surface area contributed by atoms with Crippen molar-refractivity contribution in [2.24, 2.45) is 0 Å². The van der Waals surface area contributed by atoms with Crippen LogP contribution >= 0.6 is 15.9 Å². The van der Waals surface area contributed by atoms with Crippen LogP contribution in [0.15, 0.2) is 41.4 Å². The van der Waals surface area contributed by atoms with Crippen molar-refractivity contribution in [2.75, 3.05) is 33.3 Å². The first-order chi connectivity index (χ1) is 9.13. The molecule has 0 aliphatic heterocycles. The second-order valence-corrected chi connectivity index (χ2v) is 4.95. The molecule has 104 valence electrons. The number of carbonyl (C=O) groups is 1. The summed E-state index contributed by atoms with van der Waals surface area (Å²) in [5.74, 6) is 0.843. The van der Waals surface area contributed by atoms with Gasteiger partial charge in [0.05, 0.1) is 13.1 Å². The summed E-state index contributed by atoms with van der Waals surface area (Å²) in [6.07, 6.45) is 1.73. The van der Waals surface area contributed by atoms with Gasteiger partial charge in [-0.05, 0) is 24.3 Å². The van der Waals surface area contributed by atoms with Crippen molar-refractivity contribution in [1.82, 2.24) is 10.2 Å². The number of rotatable bonds is 8. The Hall–Kier alpha value is -1.33. The average molecular weight is 327 g/mol. The molecule has 1 aromatic carbocycles. The Bertz CT molecular complexity index is 406. The van der Waals surface area contributed by atoms with Gasteiger partial charge in [-0.1, -0.05) is 22.0 Å². The molecule has 0 fully saturated rings. The van der Waals surface area contributed by atoms with Crippen molar-refractivity contribution in [1.29, 1.82) is 0 Å². The van der Waals surface area contributed by atoms with Gasteiger partial charge in [0.15, 0.2) is 0 Å². The zero-order chi connectivity index (χ0) is 14.1. The maximum Gasteiger partial charge on any atom is 0.236 e. The number of hydrogen-bond donors (Lipinski definition) is 1. The van der Waals surface area contributed by atoms with E-state index >= 15 is 0 Å². The first-order valence-electron chi connectivity index (χ1n) is 6.07. The lowest BCUT2D eigenvalue weighted by Crippen LogP contribution is -2.37. The molecule has 0 aliphatic rings. The maximum atomic E-state index is 11.7. The summed E-state index contributed by atoms with van der Waals surface area (Å²) in [6, 6.07) is 7.61. The van der Waals surface area contributed by atoms with Crippen LogP contribution in [0.2, 0.25) is 0 Å². The minimum atomic E-state index is 0.0428. The van der Waals surface area contributed by atoms with E-state index < -0.39 is 0 Å². The zero-order valence-electron chi connectivity index (χ0n) is 11.1. The van der Waals surface area contributed by atoms with Gasteiger partial charge >= 0.3 is 0 Å². The van der Waals surface area contributed by atoms with Crippen molar-refractivity contribution in [2.45, 2.75) is 0 Å². The fraction of sp³-hybridized carbons (Fsp3) is 0.357. The molecule has 0 bridgehead atoms. The van der Waals surface area contributed by atoms with Crippen LogP contribution in [0, 0.1) is 0 Å². The minimum absolute atomic E-state index is 0.0428. The number of benzene rings is 1. The smallest absolute Gasteiger partial charge is 0.236 e. The highest BCUT2D eigenvalue weighted by molar-refractivity contribution is 9.10. The molecule has 5 heteroatoms. The fourth-order valence-electron chi connectivity index (χ4n) is 1.37. The molecule has 0 atom stereocenters. The highest BCUT2D eigenvalue weighted by Crippen LogP contribution is 2.15. The summed E-state index contributed by atoms with van der Waals surface area (Å²) in [7, 11) is 1.77. The summed E-state index contributed by atoms with van der Waals surface area (Å²) in [6.45, 7) is 5.57. The minimum Gasteiger partial charge on any atom is -0.492 e. The van der Waals surface area contributed by atoms with Crippen LogP contribution in [-0.2, 0) is 4.79 Å². The van der Waals surface area contributed by atoms with Gasteiger partial charge in [0, 0.05) is 18.1 Å². The number of nitrogens with zero attached hydrogens (tertiary/aromatic N) is 1. The molecule has 0 unspecified atom stereocenters. The molecule has 0 heterocycles. The Kier molecular flexibility index (Phi) is 7.22. The lowest BCUT2D eigenvalue weighted by Gasteiger charge is -2.17. The highest BCUT2D eigenvalue weighted by Gasteiger charge is 2.07. The Morgan fingerprint density at radius 3 is 2.79 bits per heavy atom. The number of carbonyl (C=O) groups excluding carboxylic acids is 1. The van der Waals surface area contributed by atoms with E-state index in [2.05, 4.69) is 27.8 Å². The largest absolute Gasteiger partial charge is 0.492 e. The summed E-state index contributed by atoms with van der Waals surface area (Å²) in [4.78, 5) is 13.3. The second-order valence-electron chi connectivity index (χ2n) is 4.04. The van der Waals surface area contributed by atoms with E-state index in [1.54, 1.807) is 18.0 Å². The molecular weight excluding hydrogens is 308 g/mol. The molecule has 1 aromatic rings. The van der Waals surface area contributed by atoms with Gasteiger partial charge in [-0.2, -0.15) is 0 Å². The molecule has 1 N–H and O–H groups in total. The van der Waals surface area contributed by atoms with Gasteiger partial charge in [-0.15, -0.1) is 6.58 Å². The quantitative estimate of drug-likeness (QED) is 0.587. The molecule has 1 rings (SSSR count). The third-order valence-electron chi connectivity index (χ3n) is 2.50. The number of likely N-dealkylation sites (N-methyl/N-ethyl adjacent to an activating group) is 1. The van der Waals surface area contributed by atoms with Crippen LogP contribution in [-0.4, -0.2) is 44.1 Å². The van der Waals surface area contributed by atoms with Crippen molar-refractivity contribution < 1.29 is 9.53 Å². The Balaban J connectivity index is 2.22. The van der Waals surface area contributed by atoms with Gasteiger partial charge in [0.25, 0.3) is 0 Å². The molecule has 1 amide bonds. The number of amides is 1. The van der Waals surface area contributed by atoms with E-state index in [0.29, 0.717) is 26.2 Å². The lowest BCUT2D eigenvalue weighted by atomic mass is 10.3. The van der Waals surface area contributed by atoms with Gasteiger partial charge in [-0.3, -0.25) is 4.79 Å². The number of hydrogen-bond acceptors (Lipinski definition) is 3. The molecule has 0 aliphatic carbocycles. The second kappa shape index (κ2) is 8.72. The summed E-state index contributed by atoms with van der Waals surface area (Å²) >= 11 is 3.36. The fourth-order valence-corrected chi connectivity index (χ4v) is 1.64. The van der Waals surface area contributed by atoms with E-state index in [9.17, 15) is 4.79 Å². The van der Waals surface area contributed by atoms with Gasteiger partial charge in [0.1, 0.15) is 12.4 Å². The van der Waals surface area contributed by atoms with E-state index in [0.717, 1.165) is 10.2 Å². The number of ether oxygens (including phenoxy) is 1. The molecule has 0 radical (unpaired) electrons. The van der Waals surface area contributed by atoms with Crippen LogP contribution in [0.3, 0.4) is 0 Å². The normalized spacial score (nSPS) is 10.0. The molecule has 0 saturated heterocycles. The lowest BCUT2D eigenvalue weighted by molar-refractivity contribution is -0.129. The van der Waals surface area contributed by atoms with E-state index in [1.165, 1.54) is 0 Å². The SMILES string of the molecule is C=CCNCC(=O)N(C)CCOc1ccc(Br)cc1. The monoisotopic (exact) mass is 326 g/mol. The Morgan fingerprint density at radius 2 is 2.16 bits per heavy atom. The van der Waals surface area contributed by atoms with Gasteiger partial charge in [-0.25, -0.2) is 0 Å². The standard InChI is InChI=1S/C14H19BrN2O2/c1-3-8-16-11-14(18)17(2)9-10-19-13-6-4-12(15)5-7-13/h3-7,16H,1,8-11H2,2H3. The predicted molar refractivity (Wildman–Crippen MR) is 80.3 cm³/mol. The zero-order valence-corrected chi connectivity index (χ0v) is 12.6. The van der Waals surface area contributed by atoms with Gasteiger partial charge in [0.2, 0.25) is 5.91 Å². The van der Waals surface area contributed by atoms with Crippen molar-refractivity contribution >= 4 is 21.8 Å². The predicted octanol–water partition coefficient (Wildman–Crippen LogP) is 2.06. The maximum absolute atomic E-state index is 11.7.